The number of benzene rings is 1. The van der Waals surface area contributed by atoms with Crippen LogP contribution in [0.2, 0.25) is 0 Å². The van der Waals surface area contributed by atoms with Crippen molar-refractivity contribution < 1.29 is 19.0 Å². The van der Waals surface area contributed by atoms with Crippen LogP contribution in [0.3, 0.4) is 0 Å². The Bertz CT molecular complexity index is 611. The molecule has 0 radical (unpaired) electrons. The van der Waals surface area contributed by atoms with E-state index in [0.717, 1.165) is 24.6 Å². The molecule has 1 amide bonds. The number of morpholine rings is 1. The van der Waals surface area contributed by atoms with E-state index in [1.54, 1.807) is 12.0 Å². The predicted octanol–water partition coefficient (Wildman–Crippen LogP) is 2.99. The zero-order valence-electron chi connectivity index (χ0n) is 17.1. The van der Waals surface area contributed by atoms with E-state index in [9.17, 15) is 4.79 Å². The van der Waals surface area contributed by atoms with Crippen LogP contribution in [0.5, 0.6) is 11.5 Å². The minimum atomic E-state index is -0.0150. The maximum atomic E-state index is 12.2. The van der Waals surface area contributed by atoms with Gasteiger partial charge in [-0.05, 0) is 36.6 Å². The zero-order chi connectivity index (χ0) is 19.6. The molecule has 6 heteroatoms. The summed E-state index contributed by atoms with van der Waals surface area (Å²) in [4.78, 5) is 14.0. The van der Waals surface area contributed by atoms with Crippen molar-refractivity contribution >= 4 is 5.91 Å². The van der Waals surface area contributed by atoms with Gasteiger partial charge in [0.05, 0.1) is 20.3 Å². The number of ether oxygens (including phenoxy) is 3. The average Bonchev–Trinajstić information content (AvgIpc) is 2.76. The van der Waals surface area contributed by atoms with E-state index in [1.165, 1.54) is 38.5 Å². The van der Waals surface area contributed by atoms with Gasteiger partial charge in [-0.1, -0.05) is 38.2 Å². The predicted molar refractivity (Wildman–Crippen MR) is 109 cm³/mol. The van der Waals surface area contributed by atoms with Crippen molar-refractivity contribution in [1.29, 1.82) is 0 Å². The molecule has 28 heavy (non-hydrogen) atoms. The van der Waals surface area contributed by atoms with E-state index >= 15 is 0 Å². The third-order valence-corrected chi connectivity index (χ3v) is 5.73. The van der Waals surface area contributed by atoms with Crippen molar-refractivity contribution in [3.63, 3.8) is 0 Å². The highest BCUT2D eigenvalue weighted by molar-refractivity contribution is 5.78. The normalized spacial score (nSPS) is 18.1. The zero-order valence-corrected chi connectivity index (χ0v) is 17.1. The highest BCUT2D eigenvalue weighted by atomic mass is 16.5. The fourth-order valence-corrected chi connectivity index (χ4v) is 4.00. The highest BCUT2D eigenvalue weighted by Crippen LogP contribution is 2.28. The molecule has 1 aliphatic heterocycles. The van der Waals surface area contributed by atoms with Crippen LogP contribution in [0.25, 0.3) is 0 Å². The number of hydrogen-bond acceptors (Lipinski definition) is 5. The quantitative estimate of drug-likeness (QED) is 0.657. The molecule has 0 atom stereocenters. The third-order valence-electron chi connectivity index (χ3n) is 5.73. The van der Waals surface area contributed by atoms with Crippen LogP contribution < -0.4 is 14.8 Å². The molecule has 1 aromatic carbocycles. The summed E-state index contributed by atoms with van der Waals surface area (Å²) in [5, 5.41) is 3.54. The fraction of sp³-hybridized carbons (Fsp3) is 0.682. The summed E-state index contributed by atoms with van der Waals surface area (Å²) in [6.45, 7) is 4.34. The molecule has 1 N–H and O–H groups in total. The lowest BCUT2D eigenvalue weighted by Crippen LogP contribution is -2.43. The number of amides is 1. The summed E-state index contributed by atoms with van der Waals surface area (Å²) < 4.78 is 16.5. The Morgan fingerprint density at radius 3 is 2.71 bits per heavy atom. The standard InChI is InChI=1S/C22H34N2O4/c1-26-21-15-19(16-23-10-9-18-5-3-2-4-6-18)7-8-20(21)28-17-22(25)24-11-13-27-14-12-24/h7-8,15,18,23H,2-6,9-14,16-17H2,1H3. The first-order chi connectivity index (χ1) is 13.8. The second-order valence-corrected chi connectivity index (χ2v) is 7.74. The topological polar surface area (TPSA) is 60.0 Å². The van der Waals surface area contributed by atoms with Crippen molar-refractivity contribution in [3.8, 4) is 11.5 Å². The SMILES string of the molecule is COc1cc(CNCCC2CCCCC2)ccc1OCC(=O)N1CCOCC1. The van der Waals surface area contributed by atoms with Crippen LogP contribution in [0.1, 0.15) is 44.1 Å². The van der Waals surface area contributed by atoms with Gasteiger partial charge in [-0.25, -0.2) is 0 Å². The van der Waals surface area contributed by atoms with E-state index < -0.39 is 0 Å². The first kappa shape index (κ1) is 20.9. The Balaban J connectivity index is 1.42. The summed E-state index contributed by atoms with van der Waals surface area (Å²) >= 11 is 0. The molecule has 1 aliphatic carbocycles. The Kier molecular flexibility index (Phi) is 8.42. The number of carbonyl (C=O) groups is 1. The van der Waals surface area contributed by atoms with Gasteiger partial charge in [-0.3, -0.25) is 4.79 Å². The molecule has 6 nitrogen and oxygen atoms in total. The van der Waals surface area contributed by atoms with Gasteiger partial charge in [0.15, 0.2) is 18.1 Å². The summed E-state index contributed by atoms with van der Waals surface area (Å²) in [7, 11) is 1.63. The van der Waals surface area contributed by atoms with Gasteiger partial charge in [0.25, 0.3) is 5.91 Å². The van der Waals surface area contributed by atoms with Crippen LogP contribution >= 0.6 is 0 Å². The Hall–Kier alpha value is -1.79. The maximum Gasteiger partial charge on any atom is 0.260 e. The van der Waals surface area contributed by atoms with Crippen molar-refractivity contribution in [2.24, 2.45) is 5.92 Å². The molecule has 1 heterocycles. The number of nitrogens with zero attached hydrogens (tertiary/aromatic N) is 1. The smallest absolute Gasteiger partial charge is 0.260 e. The Morgan fingerprint density at radius 2 is 1.96 bits per heavy atom. The number of nitrogens with one attached hydrogen (secondary N) is 1. The summed E-state index contributed by atoms with van der Waals surface area (Å²) in [6.07, 6.45) is 8.27. The molecule has 0 bridgehead atoms. The van der Waals surface area contributed by atoms with Crippen molar-refractivity contribution in [1.82, 2.24) is 10.2 Å². The number of methoxy groups -OCH3 is 1. The minimum absolute atomic E-state index is 0.0150. The third kappa shape index (κ3) is 6.38. The van der Waals surface area contributed by atoms with Crippen LogP contribution in [-0.4, -0.2) is 57.4 Å². The Labute approximate surface area is 168 Å². The highest BCUT2D eigenvalue weighted by Gasteiger charge is 2.18. The van der Waals surface area contributed by atoms with E-state index in [2.05, 4.69) is 5.32 Å². The van der Waals surface area contributed by atoms with Gasteiger partial charge >= 0.3 is 0 Å². The lowest BCUT2D eigenvalue weighted by Gasteiger charge is -2.26. The first-order valence-corrected chi connectivity index (χ1v) is 10.6. The van der Waals surface area contributed by atoms with Crippen LogP contribution in [0, 0.1) is 5.92 Å². The van der Waals surface area contributed by atoms with Crippen molar-refractivity contribution in [2.75, 3.05) is 46.6 Å². The summed E-state index contributed by atoms with van der Waals surface area (Å²) in [6, 6.07) is 5.91. The van der Waals surface area contributed by atoms with Gasteiger partial charge in [-0.15, -0.1) is 0 Å². The van der Waals surface area contributed by atoms with Crippen LogP contribution in [0.15, 0.2) is 18.2 Å². The van der Waals surface area contributed by atoms with Crippen molar-refractivity contribution in [3.05, 3.63) is 23.8 Å². The molecule has 0 spiro atoms. The fourth-order valence-electron chi connectivity index (χ4n) is 4.00. The summed E-state index contributed by atoms with van der Waals surface area (Å²) in [5.41, 5.74) is 1.16. The van der Waals surface area contributed by atoms with E-state index in [0.29, 0.717) is 37.8 Å². The maximum absolute atomic E-state index is 12.2. The van der Waals surface area contributed by atoms with E-state index in [4.69, 9.17) is 14.2 Å². The molecule has 0 aromatic heterocycles. The monoisotopic (exact) mass is 390 g/mol. The average molecular weight is 391 g/mol. The first-order valence-electron chi connectivity index (χ1n) is 10.6. The Morgan fingerprint density at radius 1 is 1.18 bits per heavy atom. The largest absolute Gasteiger partial charge is 0.493 e. The van der Waals surface area contributed by atoms with Gasteiger partial charge in [0, 0.05) is 19.6 Å². The van der Waals surface area contributed by atoms with Crippen LogP contribution in [-0.2, 0) is 16.1 Å². The molecule has 156 valence electrons. The van der Waals surface area contributed by atoms with Crippen LogP contribution in [0.4, 0.5) is 0 Å². The molecule has 1 aromatic rings. The van der Waals surface area contributed by atoms with E-state index in [1.807, 2.05) is 18.2 Å². The molecule has 3 rings (SSSR count). The van der Waals surface area contributed by atoms with Crippen molar-refractivity contribution in [2.45, 2.75) is 45.1 Å². The lowest BCUT2D eigenvalue weighted by molar-refractivity contribution is -0.137. The molecule has 2 fully saturated rings. The number of rotatable bonds is 9. The number of carbonyl (C=O) groups excluding carboxylic acids is 1. The lowest BCUT2D eigenvalue weighted by atomic mass is 9.87. The second-order valence-electron chi connectivity index (χ2n) is 7.74. The van der Waals surface area contributed by atoms with Gasteiger partial charge in [0.1, 0.15) is 0 Å². The second kappa shape index (κ2) is 11.3. The van der Waals surface area contributed by atoms with E-state index in [-0.39, 0.29) is 12.5 Å². The van der Waals surface area contributed by atoms with Gasteiger partial charge in [-0.2, -0.15) is 0 Å². The molecule has 1 saturated carbocycles. The minimum Gasteiger partial charge on any atom is -0.493 e. The molecule has 0 unspecified atom stereocenters. The summed E-state index contributed by atoms with van der Waals surface area (Å²) in [5.74, 6) is 2.16. The van der Waals surface area contributed by atoms with Gasteiger partial charge in [0.2, 0.25) is 0 Å². The molecule has 1 saturated heterocycles. The molecule has 2 aliphatic rings. The molecular weight excluding hydrogens is 356 g/mol. The number of hydrogen-bond donors (Lipinski definition) is 1. The molecular formula is C22H34N2O4. The van der Waals surface area contributed by atoms with Gasteiger partial charge < -0.3 is 24.4 Å².